The van der Waals surface area contributed by atoms with E-state index in [1.165, 1.54) is 44.5 Å². The predicted octanol–water partition coefficient (Wildman–Crippen LogP) is 5.35. The number of nitrogens with two attached hydrogens (primary N) is 2. The summed E-state index contributed by atoms with van der Waals surface area (Å²) in [5.41, 5.74) is 24.5. The van der Waals surface area contributed by atoms with Gasteiger partial charge in [-0.15, -0.1) is 0 Å². The van der Waals surface area contributed by atoms with Crippen LogP contribution in [0.5, 0.6) is 0 Å². The Kier molecular flexibility index (Phi) is 10.2. The van der Waals surface area contributed by atoms with Crippen molar-refractivity contribution in [1.29, 1.82) is 0 Å². The van der Waals surface area contributed by atoms with Crippen LogP contribution in [0.25, 0.3) is 0 Å². The van der Waals surface area contributed by atoms with Crippen LogP contribution in [0.15, 0.2) is 24.3 Å². The lowest BCUT2D eigenvalue weighted by atomic mass is 9.88. The van der Waals surface area contributed by atoms with Crippen molar-refractivity contribution < 1.29 is 0 Å². The first-order valence-electron chi connectivity index (χ1n) is 12.4. The van der Waals surface area contributed by atoms with E-state index in [0.29, 0.717) is 0 Å². The molecule has 172 valence electrons. The maximum absolute atomic E-state index is 6.71. The Morgan fingerprint density at radius 3 is 1.06 bits per heavy atom. The molecule has 3 nitrogen and oxygen atoms in total. The Morgan fingerprint density at radius 1 is 0.548 bits per heavy atom. The first kappa shape index (κ1) is 25.6. The molecule has 0 radical (unpaired) electrons. The summed E-state index contributed by atoms with van der Waals surface area (Å²) in [4.78, 5) is 0. The fraction of sp³-hybridized carbons (Fsp3) is 0.571. The van der Waals surface area contributed by atoms with Gasteiger partial charge >= 0.3 is 0 Å². The van der Waals surface area contributed by atoms with Crippen molar-refractivity contribution in [3.8, 4) is 0 Å². The zero-order chi connectivity index (χ0) is 23.0. The molecule has 0 aliphatic rings. The molecular formula is C28H45N3. The first-order chi connectivity index (χ1) is 14.9. The van der Waals surface area contributed by atoms with Gasteiger partial charge in [0, 0.05) is 25.2 Å². The first-order valence-corrected chi connectivity index (χ1v) is 12.4. The van der Waals surface area contributed by atoms with Crippen LogP contribution in [-0.2, 0) is 38.5 Å². The van der Waals surface area contributed by atoms with Gasteiger partial charge in [-0.05, 0) is 83.0 Å². The summed E-state index contributed by atoms with van der Waals surface area (Å²) in [6, 6.07) is 9.35. The highest BCUT2D eigenvalue weighted by molar-refractivity contribution is 5.43. The van der Waals surface area contributed by atoms with Crippen molar-refractivity contribution in [2.24, 2.45) is 11.5 Å². The normalized spacial score (nSPS) is 13.4. The summed E-state index contributed by atoms with van der Waals surface area (Å²) < 4.78 is 0. The fourth-order valence-electron chi connectivity index (χ4n) is 4.83. The summed E-state index contributed by atoms with van der Waals surface area (Å²) in [7, 11) is 0. The van der Waals surface area contributed by atoms with Gasteiger partial charge in [0.1, 0.15) is 0 Å². The van der Waals surface area contributed by atoms with Gasteiger partial charge in [-0.1, -0.05) is 65.8 Å². The van der Waals surface area contributed by atoms with E-state index < -0.39 is 0 Å². The molecule has 0 aliphatic carbocycles. The van der Waals surface area contributed by atoms with E-state index >= 15 is 0 Å². The van der Waals surface area contributed by atoms with Gasteiger partial charge in [0.05, 0.1) is 0 Å². The van der Waals surface area contributed by atoms with Crippen molar-refractivity contribution in [2.45, 2.75) is 92.2 Å². The number of hydrogen-bond donors (Lipinski definition) is 3. The van der Waals surface area contributed by atoms with E-state index in [1.807, 2.05) is 0 Å². The van der Waals surface area contributed by atoms with Crippen molar-refractivity contribution in [2.75, 3.05) is 13.1 Å². The molecule has 2 aromatic carbocycles. The molecule has 3 heteroatoms. The number of aryl methyl sites for hydroxylation is 6. The monoisotopic (exact) mass is 423 g/mol. The molecule has 0 spiro atoms. The van der Waals surface area contributed by atoms with Gasteiger partial charge in [0.25, 0.3) is 0 Å². The maximum atomic E-state index is 6.71. The molecule has 2 atom stereocenters. The van der Waals surface area contributed by atoms with Crippen molar-refractivity contribution in [3.05, 3.63) is 68.8 Å². The molecule has 2 unspecified atom stereocenters. The Morgan fingerprint density at radius 2 is 0.839 bits per heavy atom. The molecule has 0 bridgehead atoms. The Labute approximate surface area is 191 Å². The zero-order valence-electron chi connectivity index (χ0n) is 20.8. The van der Waals surface area contributed by atoms with E-state index in [2.05, 4.69) is 71.1 Å². The average molecular weight is 424 g/mol. The van der Waals surface area contributed by atoms with Crippen molar-refractivity contribution in [3.63, 3.8) is 0 Å². The predicted molar refractivity (Wildman–Crippen MR) is 136 cm³/mol. The minimum Gasteiger partial charge on any atom is -0.323 e. The molecule has 0 fully saturated rings. The molecular weight excluding hydrogens is 378 g/mol. The van der Waals surface area contributed by atoms with Gasteiger partial charge in [0.2, 0.25) is 0 Å². The molecule has 0 amide bonds. The zero-order valence-corrected chi connectivity index (χ0v) is 20.8. The maximum Gasteiger partial charge on any atom is 0.0427 e. The van der Waals surface area contributed by atoms with E-state index in [9.17, 15) is 0 Å². The molecule has 0 heterocycles. The minimum atomic E-state index is -0.0123. The van der Waals surface area contributed by atoms with Crippen LogP contribution < -0.4 is 16.8 Å². The molecule has 31 heavy (non-hydrogen) atoms. The highest BCUT2D eigenvalue weighted by atomic mass is 14.9. The molecule has 2 aromatic rings. The molecule has 0 saturated heterocycles. The number of benzene rings is 2. The quantitative estimate of drug-likeness (QED) is 0.431. The minimum absolute atomic E-state index is 0.0123. The standard InChI is InChI=1S/C28H45N3/c1-7-19-13-21(9-3)27(22(10-4)14-19)25(29)17-31-18-26(30)28-23(11-5)15-20(8-2)16-24(28)12-6/h13-16,25-26,31H,7-12,17-18,29-30H2,1-6H3. The largest absolute Gasteiger partial charge is 0.323 e. The fourth-order valence-corrected chi connectivity index (χ4v) is 4.83. The third kappa shape index (κ3) is 6.19. The van der Waals surface area contributed by atoms with Crippen LogP contribution in [0.3, 0.4) is 0 Å². The lowest BCUT2D eigenvalue weighted by Gasteiger charge is -2.24. The van der Waals surface area contributed by atoms with E-state index in [1.54, 1.807) is 0 Å². The smallest absolute Gasteiger partial charge is 0.0427 e. The second kappa shape index (κ2) is 12.4. The highest BCUT2D eigenvalue weighted by Gasteiger charge is 2.18. The lowest BCUT2D eigenvalue weighted by molar-refractivity contribution is 0.545. The molecule has 2 rings (SSSR count). The van der Waals surface area contributed by atoms with Gasteiger partial charge in [-0.3, -0.25) is 0 Å². The molecule has 0 aromatic heterocycles. The van der Waals surface area contributed by atoms with Gasteiger partial charge in [-0.2, -0.15) is 0 Å². The number of rotatable bonds is 12. The summed E-state index contributed by atoms with van der Waals surface area (Å²) in [5.74, 6) is 0. The van der Waals surface area contributed by atoms with Crippen LogP contribution in [0.4, 0.5) is 0 Å². The molecule has 5 N–H and O–H groups in total. The topological polar surface area (TPSA) is 64.1 Å². The highest BCUT2D eigenvalue weighted by Crippen LogP contribution is 2.27. The molecule has 0 saturated carbocycles. The van der Waals surface area contributed by atoms with Gasteiger partial charge in [0.15, 0.2) is 0 Å². The van der Waals surface area contributed by atoms with Crippen LogP contribution in [0.2, 0.25) is 0 Å². The van der Waals surface area contributed by atoms with Crippen molar-refractivity contribution in [1.82, 2.24) is 5.32 Å². The number of nitrogens with one attached hydrogen (secondary N) is 1. The van der Waals surface area contributed by atoms with Crippen LogP contribution in [0, 0.1) is 0 Å². The van der Waals surface area contributed by atoms with Crippen LogP contribution >= 0.6 is 0 Å². The average Bonchev–Trinajstić information content (AvgIpc) is 2.81. The van der Waals surface area contributed by atoms with Crippen LogP contribution in [0.1, 0.15) is 98.1 Å². The van der Waals surface area contributed by atoms with E-state index in [0.717, 1.165) is 51.6 Å². The van der Waals surface area contributed by atoms with Crippen molar-refractivity contribution >= 4 is 0 Å². The second-order valence-corrected chi connectivity index (χ2v) is 8.65. The van der Waals surface area contributed by atoms with E-state index in [-0.39, 0.29) is 12.1 Å². The van der Waals surface area contributed by atoms with Gasteiger partial charge < -0.3 is 16.8 Å². The third-order valence-corrected chi connectivity index (χ3v) is 6.63. The SMILES string of the molecule is CCc1cc(CC)c(C(N)CNCC(N)c2c(CC)cc(CC)cc2CC)c(CC)c1. The Bertz CT molecular complexity index is 721. The van der Waals surface area contributed by atoms with Gasteiger partial charge in [-0.25, -0.2) is 0 Å². The van der Waals surface area contributed by atoms with E-state index in [4.69, 9.17) is 11.5 Å². The number of hydrogen-bond acceptors (Lipinski definition) is 3. The second-order valence-electron chi connectivity index (χ2n) is 8.65. The lowest BCUT2D eigenvalue weighted by Crippen LogP contribution is -2.34. The summed E-state index contributed by atoms with van der Waals surface area (Å²) in [6.07, 6.45) is 6.22. The Balaban J connectivity index is 2.16. The summed E-state index contributed by atoms with van der Waals surface area (Å²) in [6.45, 7) is 14.8. The summed E-state index contributed by atoms with van der Waals surface area (Å²) in [5, 5.41) is 3.59. The third-order valence-electron chi connectivity index (χ3n) is 6.63. The molecule has 0 aliphatic heterocycles. The Hall–Kier alpha value is -1.68. The van der Waals surface area contributed by atoms with Crippen LogP contribution in [-0.4, -0.2) is 13.1 Å². The summed E-state index contributed by atoms with van der Waals surface area (Å²) >= 11 is 0.